The molecule has 1 rings (SSSR count). The zero-order chi connectivity index (χ0) is 11.3. The molecule has 0 radical (unpaired) electrons. The third-order valence-electron chi connectivity index (χ3n) is 2.25. The molecule has 84 valence electrons. The van der Waals surface area contributed by atoms with Crippen molar-refractivity contribution in [3.8, 4) is 0 Å². The first-order chi connectivity index (χ1) is 7.20. The molecular weight excluding hydrogens is 216 g/mol. The Kier molecular flexibility index (Phi) is 5.05. The maximum atomic E-state index is 13.5. The molecule has 0 bridgehead atoms. The minimum Gasteiger partial charge on any atom is -0.330 e. The molecule has 2 N–H and O–H groups in total. The van der Waals surface area contributed by atoms with Crippen LogP contribution in [0.1, 0.15) is 18.4 Å². The summed E-state index contributed by atoms with van der Waals surface area (Å²) in [6.07, 6.45) is 3.91. The second-order valence-corrected chi connectivity index (χ2v) is 4.15. The summed E-state index contributed by atoms with van der Waals surface area (Å²) >= 11 is 1.21. The van der Waals surface area contributed by atoms with E-state index in [0.29, 0.717) is 23.4 Å². The fourth-order valence-corrected chi connectivity index (χ4v) is 1.86. The van der Waals surface area contributed by atoms with Gasteiger partial charge in [0, 0.05) is 4.90 Å². The van der Waals surface area contributed by atoms with E-state index in [1.807, 2.05) is 0 Å². The predicted octanol–water partition coefficient (Wildman–Crippen LogP) is 2.97. The number of unbranched alkanes of at least 4 members (excludes halogenated alkanes) is 1. The third-order valence-corrected chi connectivity index (χ3v) is 3.00. The average Bonchev–Trinajstić information content (AvgIpc) is 2.25. The van der Waals surface area contributed by atoms with Gasteiger partial charge in [0.15, 0.2) is 11.6 Å². The molecule has 4 heteroatoms. The Balaban J connectivity index is 2.77. The number of hydrogen-bond acceptors (Lipinski definition) is 2. The Hall–Kier alpha value is -0.610. The highest BCUT2D eigenvalue weighted by molar-refractivity contribution is 7.98. The van der Waals surface area contributed by atoms with Crippen LogP contribution in [-0.2, 0) is 6.42 Å². The average molecular weight is 231 g/mol. The minimum atomic E-state index is -0.729. The molecule has 0 unspecified atom stereocenters. The van der Waals surface area contributed by atoms with Gasteiger partial charge in [-0.1, -0.05) is 6.07 Å². The largest absolute Gasteiger partial charge is 0.330 e. The lowest BCUT2D eigenvalue weighted by molar-refractivity contribution is 0.480. The molecule has 0 aliphatic heterocycles. The normalized spacial score (nSPS) is 10.7. The Morgan fingerprint density at radius 1 is 1.20 bits per heavy atom. The highest BCUT2D eigenvalue weighted by atomic mass is 32.2. The molecule has 1 aromatic rings. The topological polar surface area (TPSA) is 26.0 Å². The van der Waals surface area contributed by atoms with Crippen molar-refractivity contribution < 1.29 is 8.78 Å². The third kappa shape index (κ3) is 3.18. The Bertz CT molecular complexity index is 329. The van der Waals surface area contributed by atoms with Gasteiger partial charge in [0.25, 0.3) is 0 Å². The first kappa shape index (κ1) is 12.5. The van der Waals surface area contributed by atoms with Crippen molar-refractivity contribution in [1.29, 1.82) is 0 Å². The highest BCUT2D eigenvalue weighted by Crippen LogP contribution is 2.24. The maximum Gasteiger partial charge on any atom is 0.172 e. The van der Waals surface area contributed by atoms with Crippen molar-refractivity contribution in [2.75, 3.05) is 12.8 Å². The number of rotatable bonds is 5. The summed E-state index contributed by atoms with van der Waals surface area (Å²) in [7, 11) is 0. The van der Waals surface area contributed by atoms with Crippen molar-refractivity contribution in [2.24, 2.45) is 5.73 Å². The van der Waals surface area contributed by atoms with Gasteiger partial charge in [-0.3, -0.25) is 0 Å². The van der Waals surface area contributed by atoms with E-state index in [9.17, 15) is 8.78 Å². The summed E-state index contributed by atoms with van der Waals surface area (Å²) in [5.74, 6) is -1.44. The highest BCUT2D eigenvalue weighted by Gasteiger charge is 2.11. The zero-order valence-corrected chi connectivity index (χ0v) is 9.54. The maximum absolute atomic E-state index is 13.5. The molecule has 0 saturated heterocycles. The number of hydrogen-bond donors (Lipinski definition) is 1. The van der Waals surface area contributed by atoms with Gasteiger partial charge in [0.1, 0.15) is 0 Å². The number of nitrogens with two attached hydrogens (primary N) is 1. The van der Waals surface area contributed by atoms with Crippen LogP contribution in [0, 0.1) is 11.6 Å². The van der Waals surface area contributed by atoms with Crippen molar-refractivity contribution in [2.45, 2.75) is 24.2 Å². The van der Waals surface area contributed by atoms with E-state index in [1.54, 1.807) is 18.4 Å². The fourth-order valence-electron chi connectivity index (χ4n) is 1.38. The molecule has 1 aromatic carbocycles. The monoisotopic (exact) mass is 231 g/mol. The van der Waals surface area contributed by atoms with Gasteiger partial charge in [-0.15, -0.1) is 11.8 Å². The van der Waals surface area contributed by atoms with Crippen molar-refractivity contribution in [3.63, 3.8) is 0 Å². The fraction of sp³-hybridized carbons (Fsp3) is 0.455. The quantitative estimate of drug-likeness (QED) is 0.623. The molecule has 1 nitrogen and oxygen atoms in total. The van der Waals surface area contributed by atoms with Crippen LogP contribution < -0.4 is 5.73 Å². The van der Waals surface area contributed by atoms with Crippen LogP contribution in [0.15, 0.2) is 17.0 Å². The van der Waals surface area contributed by atoms with Gasteiger partial charge in [0.05, 0.1) is 0 Å². The summed E-state index contributed by atoms with van der Waals surface area (Å²) in [5.41, 5.74) is 5.78. The van der Waals surface area contributed by atoms with Gasteiger partial charge >= 0.3 is 0 Å². The molecule has 0 aliphatic rings. The lowest BCUT2D eigenvalue weighted by Gasteiger charge is -2.06. The van der Waals surface area contributed by atoms with Crippen LogP contribution in [0.5, 0.6) is 0 Å². The standard InChI is InChI=1S/C11H15F2NS/c1-15-9-6-5-8(4-2-3-7-14)10(12)11(9)13/h5-6H,2-4,7,14H2,1H3. The van der Waals surface area contributed by atoms with Crippen molar-refractivity contribution >= 4 is 11.8 Å². The second kappa shape index (κ2) is 6.08. The predicted molar refractivity (Wildman–Crippen MR) is 60.1 cm³/mol. The van der Waals surface area contributed by atoms with Crippen LogP contribution in [0.4, 0.5) is 8.78 Å². The van der Waals surface area contributed by atoms with Crippen molar-refractivity contribution in [3.05, 3.63) is 29.3 Å². The summed E-state index contributed by atoms with van der Waals surface area (Å²) in [6.45, 7) is 0.590. The lowest BCUT2D eigenvalue weighted by atomic mass is 10.1. The van der Waals surface area contributed by atoms with E-state index in [2.05, 4.69) is 0 Å². The smallest absolute Gasteiger partial charge is 0.172 e. The lowest BCUT2D eigenvalue weighted by Crippen LogP contribution is -2.01. The molecule has 0 aliphatic carbocycles. The van der Waals surface area contributed by atoms with Crippen molar-refractivity contribution in [1.82, 2.24) is 0 Å². The molecule has 15 heavy (non-hydrogen) atoms. The van der Waals surface area contributed by atoms with E-state index >= 15 is 0 Å². The Morgan fingerprint density at radius 3 is 2.53 bits per heavy atom. The van der Waals surface area contributed by atoms with E-state index in [-0.39, 0.29) is 0 Å². The van der Waals surface area contributed by atoms with E-state index in [0.717, 1.165) is 12.8 Å². The van der Waals surface area contributed by atoms with Crippen LogP contribution >= 0.6 is 11.8 Å². The van der Waals surface area contributed by atoms with Gasteiger partial charge in [-0.25, -0.2) is 8.78 Å². The Labute approximate surface area is 93.1 Å². The molecule has 0 atom stereocenters. The first-order valence-corrected chi connectivity index (χ1v) is 6.14. The number of aryl methyl sites for hydroxylation is 1. The molecule has 0 fully saturated rings. The summed E-state index contributed by atoms with van der Waals surface area (Å²) < 4.78 is 26.8. The molecule has 0 aromatic heterocycles. The number of thioether (sulfide) groups is 1. The SMILES string of the molecule is CSc1ccc(CCCCN)c(F)c1F. The first-order valence-electron chi connectivity index (χ1n) is 4.91. The minimum absolute atomic E-state index is 0.357. The van der Waals surface area contributed by atoms with Crippen LogP contribution in [-0.4, -0.2) is 12.8 Å². The summed E-state index contributed by atoms with van der Waals surface area (Å²) in [6, 6.07) is 3.28. The summed E-state index contributed by atoms with van der Waals surface area (Å²) in [4.78, 5) is 0.357. The van der Waals surface area contributed by atoms with Crippen LogP contribution in [0.2, 0.25) is 0 Å². The van der Waals surface area contributed by atoms with Gasteiger partial charge in [-0.2, -0.15) is 0 Å². The van der Waals surface area contributed by atoms with Crippen LogP contribution in [0.25, 0.3) is 0 Å². The molecule has 0 heterocycles. The summed E-state index contributed by atoms with van der Waals surface area (Å²) in [5, 5.41) is 0. The van der Waals surface area contributed by atoms with E-state index < -0.39 is 11.6 Å². The molecule has 0 spiro atoms. The Morgan fingerprint density at radius 2 is 1.93 bits per heavy atom. The van der Waals surface area contributed by atoms with Gasteiger partial charge in [0.2, 0.25) is 0 Å². The van der Waals surface area contributed by atoms with Crippen LogP contribution in [0.3, 0.4) is 0 Å². The molecular formula is C11H15F2NS. The number of benzene rings is 1. The molecule has 0 amide bonds. The molecule has 0 saturated carbocycles. The zero-order valence-electron chi connectivity index (χ0n) is 8.72. The van der Waals surface area contributed by atoms with Gasteiger partial charge < -0.3 is 5.73 Å². The van der Waals surface area contributed by atoms with E-state index in [1.165, 1.54) is 11.8 Å². The van der Waals surface area contributed by atoms with Gasteiger partial charge in [-0.05, 0) is 43.7 Å². The second-order valence-electron chi connectivity index (χ2n) is 3.30. The number of halogens is 2. The van der Waals surface area contributed by atoms with E-state index in [4.69, 9.17) is 5.73 Å².